The molecule has 152 valence electrons. The Labute approximate surface area is 171 Å². The molecule has 29 heavy (non-hydrogen) atoms. The van der Waals surface area contributed by atoms with Crippen LogP contribution < -0.4 is 9.64 Å². The van der Waals surface area contributed by atoms with E-state index in [1.54, 1.807) is 24.3 Å². The van der Waals surface area contributed by atoms with Crippen molar-refractivity contribution in [2.45, 2.75) is 6.29 Å². The van der Waals surface area contributed by atoms with E-state index in [1.807, 2.05) is 32.3 Å². The van der Waals surface area contributed by atoms with Crippen LogP contribution in [0.2, 0.25) is 0 Å². The fourth-order valence-corrected chi connectivity index (χ4v) is 4.01. The van der Waals surface area contributed by atoms with Gasteiger partial charge in [0.05, 0.1) is 18.5 Å². The van der Waals surface area contributed by atoms with Gasteiger partial charge in [-0.05, 0) is 30.3 Å². The summed E-state index contributed by atoms with van der Waals surface area (Å²) in [5.74, 6) is 0.847. The average molecular weight is 394 g/mol. The minimum absolute atomic E-state index is 0.0145. The third kappa shape index (κ3) is 3.75. The predicted octanol–water partition coefficient (Wildman–Crippen LogP) is 1.34. The van der Waals surface area contributed by atoms with Crippen molar-refractivity contribution >= 4 is 17.3 Å². The van der Waals surface area contributed by atoms with Gasteiger partial charge in [-0.15, -0.1) is 0 Å². The van der Waals surface area contributed by atoms with Gasteiger partial charge in [-0.25, -0.2) is 9.97 Å². The first kappa shape index (κ1) is 19.2. The van der Waals surface area contributed by atoms with Crippen molar-refractivity contribution in [2.75, 3.05) is 52.3 Å². The normalized spacial score (nSPS) is 20.7. The summed E-state index contributed by atoms with van der Waals surface area (Å²) in [6, 6.07) is 9.99. The molecule has 0 bridgehead atoms. The van der Waals surface area contributed by atoms with Crippen LogP contribution in [-0.2, 0) is 4.79 Å². The molecule has 0 radical (unpaired) electrons. The van der Waals surface area contributed by atoms with E-state index in [1.165, 1.54) is 12.0 Å². The summed E-state index contributed by atoms with van der Waals surface area (Å²) in [4.78, 5) is 29.6. The number of rotatable bonds is 4. The predicted molar refractivity (Wildman–Crippen MR) is 111 cm³/mol. The lowest BCUT2D eigenvalue weighted by Crippen LogP contribution is -2.63. The monoisotopic (exact) mass is 394 g/mol. The topological polar surface area (TPSA) is 65.0 Å². The van der Waals surface area contributed by atoms with Gasteiger partial charge in [-0.2, -0.15) is 0 Å². The number of benzene rings is 1. The van der Waals surface area contributed by atoms with Crippen molar-refractivity contribution in [1.82, 2.24) is 24.7 Å². The van der Waals surface area contributed by atoms with E-state index < -0.39 is 0 Å². The van der Waals surface area contributed by atoms with Gasteiger partial charge in [0, 0.05) is 58.2 Å². The van der Waals surface area contributed by atoms with Crippen LogP contribution in [0, 0.1) is 0 Å². The Morgan fingerprint density at radius 3 is 2.34 bits per heavy atom. The maximum Gasteiger partial charge on any atom is 0.251 e. The summed E-state index contributed by atoms with van der Waals surface area (Å²) in [6.45, 7) is 3.50. The lowest BCUT2D eigenvalue weighted by molar-refractivity contribution is -0.138. The second-order valence-electron chi connectivity index (χ2n) is 7.25. The average Bonchev–Trinajstić information content (AvgIpc) is 2.77. The second-order valence-corrected chi connectivity index (χ2v) is 7.25. The Morgan fingerprint density at radius 2 is 1.72 bits per heavy atom. The molecule has 0 aliphatic carbocycles. The number of ether oxygens (including phenoxy) is 1. The molecule has 2 aliphatic rings. The summed E-state index contributed by atoms with van der Waals surface area (Å²) in [6.07, 6.45) is 4.71. The number of hydrogen-bond donors (Lipinski definition) is 0. The minimum Gasteiger partial charge on any atom is -0.497 e. The molecule has 1 saturated heterocycles. The van der Waals surface area contributed by atoms with Crippen LogP contribution in [0.1, 0.15) is 5.69 Å². The molecule has 1 unspecified atom stereocenters. The molecule has 1 aromatic heterocycles. The van der Waals surface area contributed by atoms with E-state index in [2.05, 4.69) is 36.8 Å². The van der Waals surface area contributed by atoms with Gasteiger partial charge in [0.15, 0.2) is 6.29 Å². The van der Waals surface area contributed by atoms with Crippen LogP contribution in [0.5, 0.6) is 5.75 Å². The molecule has 1 fully saturated rings. The Morgan fingerprint density at radius 1 is 1.00 bits per heavy atom. The van der Waals surface area contributed by atoms with Gasteiger partial charge in [-0.1, -0.05) is 0 Å². The quantitative estimate of drug-likeness (QED) is 0.775. The molecule has 8 heteroatoms. The number of anilines is 1. The van der Waals surface area contributed by atoms with Crippen LogP contribution in [0.25, 0.3) is 5.70 Å². The highest BCUT2D eigenvalue weighted by atomic mass is 16.5. The second kappa shape index (κ2) is 8.08. The SMILES string of the molecule is COc1ccc(N2CCN(C3N(C)C(=O)C=C(c4ccncn4)N3C)CC2)cc1. The molecule has 4 rings (SSSR count). The van der Waals surface area contributed by atoms with Gasteiger partial charge in [0.1, 0.15) is 12.1 Å². The van der Waals surface area contributed by atoms with Crippen LogP contribution >= 0.6 is 0 Å². The van der Waals surface area contributed by atoms with Crippen molar-refractivity contribution in [1.29, 1.82) is 0 Å². The Kier molecular flexibility index (Phi) is 5.35. The molecule has 8 nitrogen and oxygen atoms in total. The number of nitrogens with zero attached hydrogens (tertiary/aromatic N) is 6. The molecular formula is C21H26N6O2. The van der Waals surface area contributed by atoms with Crippen molar-refractivity contribution in [3.63, 3.8) is 0 Å². The van der Waals surface area contributed by atoms with E-state index in [9.17, 15) is 4.79 Å². The third-order valence-corrected chi connectivity index (χ3v) is 5.60. The lowest BCUT2D eigenvalue weighted by atomic mass is 10.2. The highest BCUT2D eigenvalue weighted by Crippen LogP contribution is 2.28. The molecule has 1 atom stereocenters. The number of amides is 1. The standard InChI is InChI=1S/C21H26N6O2/c1-24-19(18-8-9-22-15-23-18)14-20(28)25(2)21(24)27-12-10-26(11-13-27)16-4-6-17(29-3)7-5-16/h4-9,14-15,21H,10-13H2,1-3H3. The fraction of sp³-hybridized carbons (Fsp3) is 0.381. The number of hydrogen-bond acceptors (Lipinski definition) is 7. The Bertz CT molecular complexity index is 878. The maximum absolute atomic E-state index is 12.7. The van der Waals surface area contributed by atoms with Crippen molar-refractivity contribution < 1.29 is 9.53 Å². The zero-order valence-corrected chi connectivity index (χ0v) is 17.0. The number of likely N-dealkylation sites (N-methyl/N-ethyl adjacent to an activating group) is 1. The van der Waals surface area contributed by atoms with E-state index >= 15 is 0 Å². The number of piperazine rings is 1. The third-order valence-electron chi connectivity index (χ3n) is 5.60. The van der Waals surface area contributed by atoms with Crippen molar-refractivity contribution in [3.05, 3.63) is 54.6 Å². The maximum atomic E-state index is 12.7. The molecule has 0 spiro atoms. The van der Waals surface area contributed by atoms with Gasteiger partial charge < -0.3 is 19.4 Å². The molecular weight excluding hydrogens is 368 g/mol. The molecule has 3 heterocycles. The van der Waals surface area contributed by atoms with Crippen LogP contribution in [0.4, 0.5) is 5.69 Å². The highest BCUT2D eigenvalue weighted by Gasteiger charge is 2.36. The van der Waals surface area contributed by atoms with Crippen LogP contribution in [-0.4, -0.2) is 84.2 Å². The van der Waals surface area contributed by atoms with Gasteiger partial charge in [-0.3, -0.25) is 9.69 Å². The van der Waals surface area contributed by atoms with Gasteiger partial charge in [0.25, 0.3) is 5.91 Å². The first-order valence-corrected chi connectivity index (χ1v) is 9.69. The largest absolute Gasteiger partial charge is 0.497 e. The molecule has 2 aliphatic heterocycles. The Hall–Kier alpha value is -3.13. The van der Waals surface area contributed by atoms with E-state index in [0.717, 1.165) is 43.3 Å². The van der Waals surface area contributed by atoms with Gasteiger partial charge in [0.2, 0.25) is 0 Å². The summed E-state index contributed by atoms with van der Waals surface area (Å²) in [5, 5.41) is 0. The summed E-state index contributed by atoms with van der Waals surface area (Å²) >= 11 is 0. The molecule has 1 aromatic carbocycles. The first-order valence-electron chi connectivity index (χ1n) is 9.69. The van der Waals surface area contributed by atoms with Crippen LogP contribution in [0.15, 0.2) is 48.9 Å². The molecule has 1 amide bonds. The molecule has 2 aromatic rings. The smallest absolute Gasteiger partial charge is 0.251 e. The van der Waals surface area contributed by atoms with E-state index in [0.29, 0.717) is 0 Å². The Balaban J connectivity index is 1.48. The number of carbonyl (C=O) groups is 1. The first-order chi connectivity index (χ1) is 14.1. The minimum atomic E-state index is -0.143. The van der Waals surface area contributed by atoms with Crippen molar-refractivity contribution in [2.24, 2.45) is 0 Å². The summed E-state index contributed by atoms with van der Waals surface area (Å²) < 4.78 is 5.25. The number of aromatic nitrogens is 2. The van der Waals surface area contributed by atoms with Gasteiger partial charge >= 0.3 is 0 Å². The molecule has 0 N–H and O–H groups in total. The summed E-state index contributed by atoms with van der Waals surface area (Å²) in [7, 11) is 5.54. The zero-order valence-electron chi connectivity index (χ0n) is 17.0. The number of carbonyl (C=O) groups excluding carboxylic acids is 1. The fourth-order valence-electron chi connectivity index (χ4n) is 4.01. The molecule has 0 saturated carbocycles. The van der Waals surface area contributed by atoms with Crippen LogP contribution in [0.3, 0.4) is 0 Å². The van der Waals surface area contributed by atoms with Crippen molar-refractivity contribution in [3.8, 4) is 5.75 Å². The number of methoxy groups -OCH3 is 1. The summed E-state index contributed by atoms with van der Waals surface area (Å²) in [5.41, 5.74) is 2.76. The van der Waals surface area contributed by atoms with E-state index in [-0.39, 0.29) is 12.2 Å². The highest BCUT2D eigenvalue weighted by molar-refractivity contribution is 5.96. The van der Waals surface area contributed by atoms with E-state index in [4.69, 9.17) is 4.74 Å². The lowest BCUT2D eigenvalue weighted by Gasteiger charge is -2.49. The zero-order chi connectivity index (χ0) is 20.4.